The number of anilines is 1. The maximum Gasteiger partial charge on any atom is 0.408 e. The third-order valence-corrected chi connectivity index (χ3v) is 2.16. The standard InChI is InChI=1S/C13H16N2O2/c1-4-9-14-13(16)17-10-11-5-7-12(8-6-11)15(2)3/h1,5-8H,9-10H2,2-3H3,(H,14,16). The van der Waals surface area contributed by atoms with Crippen molar-refractivity contribution in [2.75, 3.05) is 25.5 Å². The topological polar surface area (TPSA) is 41.6 Å². The van der Waals surface area contributed by atoms with Crippen LogP contribution in [0, 0.1) is 12.3 Å². The molecule has 0 atom stereocenters. The van der Waals surface area contributed by atoms with Crippen molar-refractivity contribution < 1.29 is 9.53 Å². The summed E-state index contributed by atoms with van der Waals surface area (Å²) in [6.45, 7) is 0.419. The normalized spacial score (nSPS) is 9.24. The quantitative estimate of drug-likeness (QED) is 0.802. The van der Waals surface area contributed by atoms with E-state index in [4.69, 9.17) is 11.2 Å². The van der Waals surface area contributed by atoms with Gasteiger partial charge in [-0.1, -0.05) is 18.1 Å². The third kappa shape index (κ3) is 4.47. The van der Waals surface area contributed by atoms with E-state index >= 15 is 0 Å². The van der Waals surface area contributed by atoms with Crippen molar-refractivity contribution in [1.82, 2.24) is 5.32 Å². The zero-order chi connectivity index (χ0) is 12.7. The highest BCUT2D eigenvalue weighted by Gasteiger charge is 2.01. The van der Waals surface area contributed by atoms with E-state index in [1.165, 1.54) is 0 Å². The molecule has 0 aromatic heterocycles. The van der Waals surface area contributed by atoms with Crippen LogP contribution in [-0.2, 0) is 11.3 Å². The molecule has 90 valence electrons. The first kappa shape index (κ1) is 12.9. The zero-order valence-corrected chi connectivity index (χ0v) is 10.1. The molecule has 0 bridgehead atoms. The van der Waals surface area contributed by atoms with Gasteiger partial charge in [-0.25, -0.2) is 4.79 Å². The van der Waals surface area contributed by atoms with Crippen molar-refractivity contribution in [2.24, 2.45) is 0 Å². The molecule has 0 unspecified atom stereocenters. The van der Waals surface area contributed by atoms with Gasteiger partial charge in [0.15, 0.2) is 0 Å². The Hall–Kier alpha value is -2.15. The van der Waals surface area contributed by atoms with E-state index < -0.39 is 6.09 Å². The number of carbonyl (C=O) groups is 1. The number of rotatable bonds is 4. The highest BCUT2D eigenvalue weighted by atomic mass is 16.5. The van der Waals surface area contributed by atoms with Gasteiger partial charge in [-0.2, -0.15) is 0 Å². The number of alkyl carbamates (subject to hydrolysis) is 1. The van der Waals surface area contributed by atoms with E-state index in [1.807, 2.05) is 43.3 Å². The summed E-state index contributed by atoms with van der Waals surface area (Å²) in [5, 5.41) is 2.43. The van der Waals surface area contributed by atoms with Crippen LogP contribution in [0.15, 0.2) is 24.3 Å². The number of carbonyl (C=O) groups excluding carboxylic acids is 1. The Bertz CT molecular complexity index is 404. The number of hydrogen-bond acceptors (Lipinski definition) is 3. The molecule has 0 radical (unpaired) electrons. The van der Waals surface area contributed by atoms with Gasteiger partial charge in [-0.3, -0.25) is 0 Å². The van der Waals surface area contributed by atoms with Crippen molar-refractivity contribution in [1.29, 1.82) is 0 Å². The monoisotopic (exact) mass is 232 g/mol. The number of nitrogens with zero attached hydrogens (tertiary/aromatic N) is 1. The molecule has 1 aromatic carbocycles. The molecule has 0 aliphatic carbocycles. The average Bonchev–Trinajstić information content (AvgIpc) is 2.34. The van der Waals surface area contributed by atoms with Gasteiger partial charge in [-0.05, 0) is 17.7 Å². The summed E-state index contributed by atoms with van der Waals surface area (Å²) < 4.78 is 4.97. The van der Waals surface area contributed by atoms with Gasteiger partial charge in [-0.15, -0.1) is 6.42 Å². The average molecular weight is 232 g/mol. The van der Waals surface area contributed by atoms with Crippen LogP contribution >= 0.6 is 0 Å². The summed E-state index contributed by atoms with van der Waals surface area (Å²) in [7, 11) is 3.94. The van der Waals surface area contributed by atoms with Crippen LogP contribution in [0.2, 0.25) is 0 Å². The first-order valence-electron chi connectivity index (χ1n) is 5.24. The smallest absolute Gasteiger partial charge is 0.408 e. The fourth-order valence-electron chi connectivity index (χ4n) is 1.21. The summed E-state index contributed by atoms with van der Waals surface area (Å²) >= 11 is 0. The minimum atomic E-state index is -0.500. The van der Waals surface area contributed by atoms with Crippen LogP contribution in [0.25, 0.3) is 0 Å². The van der Waals surface area contributed by atoms with Gasteiger partial charge in [0.2, 0.25) is 0 Å². The van der Waals surface area contributed by atoms with Gasteiger partial charge < -0.3 is 15.0 Å². The second-order valence-corrected chi connectivity index (χ2v) is 3.69. The molecule has 17 heavy (non-hydrogen) atoms. The maximum atomic E-state index is 11.1. The molecule has 0 saturated heterocycles. The van der Waals surface area contributed by atoms with Gasteiger partial charge in [0.25, 0.3) is 0 Å². The number of terminal acetylenes is 1. The molecule has 0 aliphatic rings. The Morgan fingerprint density at radius 2 is 2.06 bits per heavy atom. The fraction of sp³-hybridized carbons (Fsp3) is 0.308. The summed E-state index contributed by atoms with van der Waals surface area (Å²) in [5.41, 5.74) is 2.04. The van der Waals surface area contributed by atoms with Gasteiger partial charge in [0, 0.05) is 19.8 Å². The molecule has 0 saturated carbocycles. The highest BCUT2D eigenvalue weighted by Crippen LogP contribution is 2.12. The van der Waals surface area contributed by atoms with Crippen LogP contribution in [-0.4, -0.2) is 26.7 Å². The molecule has 0 heterocycles. The zero-order valence-electron chi connectivity index (χ0n) is 10.1. The van der Waals surface area contributed by atoms with E-state index in [2.05, 4.69) is 11.2 Å². The van der Waals surface area contributed by atoms with Crippen LogP contribution in [0.1, 0.15) is 5.56 Å². The number of amides is 1. The molecule has 0 spiro atoms. The first-order valence-corrected chi connectivity index (χ1v) is 5.24. The predicted molar refractivity (Wildman–Crippen MR) is 67.8 cm³/mol. The van der Waals surface area contributed by atoms with Crippen molar-refractivity contribution in [3.05, 3.63) is 29.8 Å². The second-order valence-electron chi connectivity index (χ2n) is 3.69. The maximum absolute atomic E-state index is 11.1. The number of benzene rings is 1. The predicted octanol–water partition coefficient (Wildman–Crippen LogP) is 1.61. The van der Waals surface area contributed by atoms with Gasteiger partial charge >= 0.3 is 6.09 Å². The van der Waals surface area contributed by atoms with Crippen LogP contribution < -0.4 is 10.2 Å². The first-order chi connectivity index (χ1) is 8.13. The van der Waals surface area contributed by atoms with Crippen molar-refractivity contribution in [3.63, 3.8) is 0 Å². The summed E-state index contributed by atoms with van der Waals surface area (Å²) in [6, 6.07) is 7.78. The number of nitrogens with one attached hydrogen (secondary N) is 1. The number of hydrogen-bond donors (Lipinski definition) is 1. The molecule has 4 nitrogen and oxygen atoms in total. The lowest BCUT2D eigenvalue weighted by Crippen LogP contribution is -2.24. The lowest BCUT2D eigenvalue weighted by molar-refractivity contribution is 0.141. The minimum Gasteiger partial charge on any atom is -0.445 e. The molecule has 1 aromatic rings. The molecule has 1 N–H and O–H groups in total. The van der Waals surface area contributed by atoms with Crippen LogP contribution in [0.4, 0.5) is 10.5 Å². The van der Waals surface area contributed by atoms with Crippen molar-refractivity contribution in [2.45, 2.75) is 6.61 Å². The Labute approximate surface area is 102 Å². The lowest BCUT2D eigenvalue weighted by Gasteiger charge is -2.12. The number of ether oxygens (including phenoxy) is 1. The van der Waals surface area contributed by atoms with Crippen molar-refractivity contribution >= 4 is 11.8 Å². The van der Waals surface area contributed by atoms with Crippen LogP contribution in [0.3, 0.4) is 0 Å². The van der Waals surface area contributed by atoms with E-state index in [0.717, 1.165) is 11.3 Å². The Kier molecular flexibility index (Phi) is 4.89. The van der Waals surface area contributed by atoms with Crippen molar-refractivity contribution in [3.8, 4) is 12.3 Å². The second kappa shape index (κ2) is 6.44. The Morgan fingerprint density at radius 1 is 1.41 bits per heavy atom. The molecule has 1 amide bonds. The molecule has 0 aliphatic heterocycles. The van der Waals surface area contributed by atoms with E-state index in [0.29, 0.717) is 0 Å². The molecule has 4 heteroatoms. The minimum absolute atomic E-state index is 0.179. The molecule has 0 fully saturated rings. The van der Waals surface area contributed by atoms with E-state index in [-0.39, 0.29) is 13.2 Å². The molecule has 1 rings (SSSR count). The lowest BCUT2D eigenvalue weighted by atomic mass is 10.2. The summed E-state index contributed by atoms with van der Waals surface area (Å²) in [5.74, 6) is 2.30. The fourth-order valence-corrected chi connectivity index (χ4v) is 1.21. The Morgan fingerprint density at radius 3 is 2.59 bits per heavy atom. The van der Waals surface area contributed by atoms with Crippen LogP contribution in [0.5, 0.6) is 0 Å². The third-order valence-electron chi connectivity index (χ3n) is 2.16. The van der Waals surface area contributed by atoms with Gasteiger partial charge in [0.1, 0.15) is 6.61 Å². The largest absolute Gasteiger partial charge is 0.445 e. The molecular weight excluding hydrogens is 216 g/mol. The van der Waals surface area contributed by atoms with E-state index in [1.54, 1.807) is 0 Å². The van der Waals surface area contributed by atoms with Gasteiger partial charge in [0.05, 0.1) is 6.54 Å². The summed E-state index contributed by atoms with van der Waals surface area (Å²) in [4.78, 5) is 13.1. The summed E-state index contributed by atoms with van der Waals surface area (Å²) in [6.07, 6.45) is 4.50. The highest BCUT2D eigenvalue weighted by molar-refractivity contribution is 5.67. The van der Waals surface area contributed by atoms with E-state index in [9.17, 15) is 4.79 Å². The molecular formula is C13H16N2O2. The SMILES string of the molecule is C#CCNC(=O)OCc1ccc(N(C)C)cc1. The Balaban J connectivity index is 2.42.